The van der Waals surface area contributed by atoms with E-state index in [1.807, 2.05) is 31.1 Å². The topological polar surface area (TPSA) is 75.4 Å². The van der Waals surface area contributed by atoms with Crippen LogP contribution in [0, 0.1) is 0 Å². The molecule has 3 N–H and O–H groups in total. The van der Waals surface area contributed by atoms with E-state index >= 15 is 0 Å². The molecule has 1 fully saturated rings. The first-order chi connectivity index (χ1) is 9.87. The average Bonchev–Trinajstić information content (AvgIpc) is 2.87. The lowest BCUT2D eigenvalue weighted by Crippen LogP contribution is -2.51. The molecule has 2 rings (SSSR count). The van der Waals surface area contributed by atoms with E-state index in [9.17, 15) is 8.42 Å². The zero-order valence-corrected chi connectivity index (χ0v) is 13.6. The van der Waals surface area contributed by atoms with Gasteiger partial charge in [0, 0.05) is 18.6 Å². The number of sulfonamides is 1. The highest BCUT2D eigenvalue weighted by molar-refractivity contribution is 7.89. The first-order valence-corrected chi connectivity index (χ1v) is 8.83. The van der Waals surface area contributed by atoms with E-state index in [1.54, 1.807) is 12.1 Å². The van der Waals surface area contributed by atoms with Crippen LogP contribution in [0.3, 0.4) is 0 Å². The van der Waals surface area contributed by atoms with Crippen LogP contribution in [0.4, 0.5) is 0 Å². The summed E-state index contributed by atoms with van der Waals surface area (Å²) in [6.07, 6.45) is 3.70. The molecule has 21 heavy (non-hydrogen) atoms. The van der Waals surface area contributed by atoms with Crippen molar-refractivity contribution in [3.8, 4) is 0 Å². The van der Waals surface area contributed by atoms with Gasteiger partial charge in [-0.2, -0.15) is 0 Å². The second-order valence-corrected chi connectivity index (χ2v) is 7.86. The van der Waals surface area contributed by atoms with E-state index in [-0.39, 0.29) is 0 Å². The summed E-state index contributed by atoms with van der Waals surface area (Å²) < 4.78 is 27.8. The zero-order valence-electron chi connectivity index (χ0n) is 12.8. The van der Waals surface area contributed by atoms with E-state index in [1.165, 1.54) is 0 Å². The molecule has 0 radical (unpaired) electrons. The Morgan fingerprint density at radius 3 is 2.24 bits per heavy atom. The number of benzene rings is 1. The Labute approximate surface area is 127 Å². The van der Waals surface area contributed by atoms with Crippen LogP contribution in [0.1, 0.15) is 31.2 Å². The van der Waals surface area contributed by atoms with Crippen molar-refractivity contribution in [2.75, 3.05) is 20.6 Å². The van der Waals surface area contributed by atoms with Crippen molar-refractivity contribution in [3.05, 3.63) is 29.8 Å². The number of nitrogens with zero attached hydrogens (tertiary/aromatic N) is 1. The van der Waals surface area contributed by atoms with Crippen LogP contribution in [-0.2, 0) is 16.6 Å². The van der Waals surface area contributed by atoms with E-state index < -0.39 is 15.6 Å². The first kappa shape index (κ1) is 16.4. The fraction of sp³-hybridized carbons (Fsp3) is 0.600. The highest BCUT2D eigenvalue weighted by atomic mass is 32.2. The maximum Gasteiger partial charge on any atom is 0.241 e. The van der Waals surface area contributed by atoms with Crippen molar-refractivity contribution in [1.82, 2.24) is 9.62 Å². The zero-order chi connectivity index (χ0) is 15.5. The van der Waals surface area contributed by atoms with Crippen LogP contribution < -0.4 is 10.5 Å². The molecule has 5 nitrogen and oxygen atoms in total. The lowest BCUT2D eigenvalue weighted by atomic mass is 10.0. The van der Waals surface area contributed by atoms with Gasteiger partial charge in [0.25, 0.3) is 0 Å². The molecule has 0 spiro atoms. The van der Waals surface area contributed by atoms with Gasteiger partial charge in [0.05, 0.1) is 4.90 Å². The SMILES string of the molecule is CN(C)Cc1ccc(S(=O)(=O)NC2(CN)CCCC2)cc1. The molecule has 1 aliphatic rings. The summed E-state index contributed by atoms with van der Waals surface area (Å²) >= 11 is 0. The van der Waals surface area contributed by atoms with Crippen LogP contribution >= 0.6 is 0 Å². The molecule has 0 atom stereocenters. The summed E-state index contributed by atoms with van der Waals surface area (Å²) in [5.74, 6) is 0. The second-order valence-electron chi connectivity index (χ2n) is 6.18. The smallest absolute Gasteiger partial charge is 0.241 e. The van der Waals surface area contributed by atoms with E-state index in [2.05, 4.69) is 4.72 Å². The third-order valence-electron chi connectivity index (χ3n) is 4.03. The molecular weight excluding hydrogens is 286 g/mol. The molecule has 0 bridgehead atoms. The van der Waals surface area contributed by atoms with Gasteiger partial charge in [0.1, 0.15) is 0 Å². The predicted molar refractivity (Wildman–Crippen MR) is 84.4 cm³/mol. The Morgan fingerprint density at radius 2 is 1.76 bits per heavy atom. The van der Waals surface area contributed by atoms with Crippen LogP contribution in [0.5, 0.6) is 0 Å². The van der Waals surface area contributed by atoms with Crippen LogP contribution in [-0.4, -0.2) is 39.5 Å². The van der Waals surface area contributed by atoms with Gasteiger partial charge in [-0.25, -0.2) is 13.1 Å². The van der Waals surface area contributed by atoms with Crippen molar-refractivity contribution in [1.29, 1.82) is 0 Å². The average molecular weight is 311 g/mol. The quantitative estimate of drug-likeness (QED) is 0.830. The molecule has 1 aliphatic carbocycles. The van der Waals surface area contributed by atoms with E-state index in [0.29, 0.717) is 11.4 Å². The van der Waals surface area contributed by atoms with Crippen LogP contribution in [0.2, 0.25) is 0 Å². The number of hydrogen-bond acceptors (Lipinski definition) is 4. The minimum atomic E-state index is -3.50. The largest absolute Gasteiger partial charge is 0.329 e. The summed E-state index contributed by atoms with van der Waals surface area (Å²) in [6.45, 7) is 1.14. The molecule has 0 aliphatic heterocycles. The Balaban J connectivity index is 2.15. The molecule has 0 unspecified atom stereocenters. The molecule has 0 aromatic heterocycles. The summed E-state index contributed by atoms with van der Waals surface area (Å²) in [7, 11) is 0.464. The van der Waals surface area contributed by atoms with Crippen molar-refractivity contribution in [2.24, 2.45) is 5.73 Å². The Hall–Kier alpha value is -0.950. The van der Waals surface area contributed by atoms with Crippen LogP contribution in [0.25, 0.3) is 0 Å². The lowest BCUT2D eigenvalue weighted by Gasteiger charge is -2.28. The first-order valence-electron chi connectivity index (χ1n) is 7.35. The van der Waals surface area contributed by atoms with Gasteiger partial charge in [-0.1, -0.05) is 25.0 Å². The maximum absolute atomic E-state index is 12.5. The molecule has 6 heteroatoms. The second kappa shape index (κ2) is 6.44. The molecule has 1 aromatic carbocycles. The number of nitrogens with two attached hydrogens (primary N) is 1. The van der Waals surface area contributed by atoms with E-state index in [0.717, 1.165) is 37.8 Å². The minimum Gasteiger partial charge on any atom is -0.329 e. The molecule has 0 amide bonds. The summed E-state index contributed by atoms with van der Waals surface area (Å²) in [5, 5.41) is 0. The number of nitrogens with one attached hydrogen (secondary N) is 1. The van der Waals surface area contributed by atoms with Crippen molar-refractivity contribution in [2.45, 2.75) is 42.7 Å². The maximum atomic E-state index is 12.5. The molecule has 118 valence electrons. The molecule has 0 heterocycles. The van der Waals surface area contributed by atoms with Gasteiger partial charge >= 0.3 is 0 Å². The fourth-order valence-corrected chi connectivity index (χ4v) is 4.35. The molecule has 1 saturated carbocycles. The van der Waals surface area contributed by atoms with Gasteiger partial charge in [-0.05, 0) is 44.6 Å². The van der Waals surface area contributed by atoms with Gasteiger partial charge in [-0.15, -0.1) is 0 Å². The van der Waals surface area contributed by atoms with Gasteiger partial charge in [0.2, 0.25) is 10.0 Å². The summed E-state index contributed by atoms with van der Waals surface area (Å²) in [5.41, 5.74) is 6.43. The molecule has 1 aromatic rings. The monoisotopic (exact) mass is 311 g/mol. The third-order valence-corrected chi connectivity index (χ3v) is 5.63. The number of hydrogen-bond donors (Lipinski definition) is 2. The van der Waals surface area contributed by atoms with E-state index in [4.69, 9.17) is 5.73 Å². The third kappa shape index (κ3) is 4.03. The Bertz CT molecular complexity index is 561. The Kier molecular flexibility index (Phi) is 5.03. The lowest BCUT2D eigenvalue weighted by molar-refractivity contribution is 0.399. The van der Waals surface area contributed by atoms with Gasteiger partial charge in [-0.3, -0.25) is 0 Å². The standard InChI is InChI=1S/C15H25N3O2S/c1-18(2)11-13-5-7-14(8-6-13)21(19,20)17-15(12-16)9-3-4-10-15/h5-8,17H,3-4,9-12,16H2,1-2H3. The molecule has 0 saturated heterocycles. The summed E-state index contributed by atoms with van der Waals surface area (Å²) in [4.78, 5) is 2.36. The van der Waals surface area contributed by atoms with Gasteiger partial charge in [0.15, 0.2) is 0 Å². The van der Waals surface area contributed by atoms with Crippen LogP contribution in [0.15, 0.2) is 29.2 Å². The predicted octanol–water partition coefficient (Wildman–Crippen LogP) is 1.30. The fourth-order valence-electron chi connectivity index (χ4n) is 2.88. The highest BCUT2D eigenvalue weighted by Crippen LogP contribution is 2.30. The number of rotatable bonds is 6. The molecular formula is C15H25N3O2S. The highest BCUT2D eigenvalue weighted by Gasteiger charge is 2.36. The summed E-state index contributed by atoms with van der Waals surface area (Å²) in [6, 6.07) is 7.05. The normalized spacial score (nSPS) is 18.3. The van der Waals surface area contributed by atoms with Crippen molar-refractivity contribution >= 4 is 10.0 Å². The van der Waals surface area contributed by atoms with Gasteiger partial charge < -0.3 is 10.6 Å². The van der Waals surface area contributed by atoms with Crippen molar-refractivity contribution < 1.29 is 8.42 Å². The van der Waals surface area contributed by atoms with Crippen molar-refractivity contribution in [3.63, 3.8) is 0 Å². The minimum absolute atomic E-state index is 0.310. The Morgan fingerprint density at radius 1 is 1.19 bits per heavy atom.